The summed E-state index contributed by atoms with van der Waals surface area (Å²) in [5.41, 5.74) is 0.471. The molecule has 0 aliphatic carbocycles. The van der Waals surface area contributed by atoms with Gasteiger partial charge in [0.1, 0.15) is 0 Å². The Morgan fingerprint density at radius 1 is 1.33 bits per heavy atom. The van der Waals surface area contributed by atoms with E-state index in [0.717, 1.165) is 5.19 Å². The minimum Gasteiger partial charge on any atom is -0.478 e. The molecule has 2 nitrogen and oxygen atoms in total. The van der Waals surface area contributed by atoms with Gasteiger partial charge in [0.15, 0.2) is 0 Å². The molecule has 1 N–H and O–H groups in total. The van der Waals surface area contributed by atoms with Crippen molar-refractivity contribution in [1.29, 1.82) is 0 Å². The fraction of sp³-hybridized carbons (Fsp3) is 0.222. The molecule has 0 unspecified atom stereocenters. The molecular formula is C9H12O2Si. The third-order valence-electron chi connectivity index (χ3n) is 1.81. The second-order valence-electron chi connectivity index (χ2n) is 3.05. The third-order valence-corrected chi connectivity index (χ3v) is 3.56. The first-order chi connectivity index (χ1) is 5.63. The van der Waals surface area contributed by atoms with Gasteiger partial charge in [0.05, 0.1) is 14.4 Å². The van der Waals surface area contributed by atoms with E-state index >= 15 is 0 Å². The van der Waals surface area contributed by atoms with Crippen molar-refractivity contribution in [2.45, 2.75) is 13.1 Å². The summed E-state index contributed by atoms with van der Waals surface area (Å²) in [6.07, 6.45) is 0. The van der Waals surface area contributed by atoms with Crippen LogP contribution in [0.2, 0.25) is 13.1 Å². The summed E-state index contributed by atoms with van der Waals surface area (Å²) in [6.45, 7) is 4.25. The second-order valence-corrected chi connectivity index (χ2v) is 5.98. The first kappa shape index (κ1) is 9.00. The fourth-order valence-corrected chi connectivity index (χ4v) is 2.53. The van der Waals surface area contributed by atoms with Crippen LogP contribution in [0.5, 0.6) is 0 Å². The highest BCUT2D eigenvalue weighted by atomic mass is 28.3. The van der Waals surface area contributed by atoms with Crippen LogP contribution in [0.15, 0.2) is 24.3 Å². The molecule has 0 saturated carbocycles. The molecule has 1 aromatic rings. The lowest BCUT2D eigenvalue weighted by molar-refractivity contribution is 0.0698. The number of carboxylic acids is 1. The van der Waals surface area contributed by atoms with Gasteiger partial charge in [0.25, 0.3) is 0 Å². The van der Waals surface area contributed by atoms with Gasteiger partial charge in [-0.3, -0.25) is 0 Å². The van der Waals surface area contributed by atoms with Gasteiger partial charge >= 0.3 is 5.97 Å². The maximum atomic E-state index is 10.7. The van der Waals surface area contributed by atoms with Crippen LogP contribution in [0.3, 0.4) is 0 Å². The Labute approximate surface area is 73.5 Å². The molecule has 0 radical (unpaired) electrons. The number of aromatic carboxylic acids is 1. The summed E-state index contributed by atoms with van der Waals surface area (Å²) in [5, 5.41) is 9.87. The molecule has 0 aliphatic rings. The van der Waals surface area contributed by atoms with E-state index in [4.69, 9.17) is 5.11 Å². The van der Waals surface area contributed by atoms with Crippen molar-refractivity contribution < 1.29 is 9.90 Å². The Bertz CT molecular complexity index is 294. The maximum absolute atomic E-state index is 10.7. The summed E-state index contributed by atoms with van der Waals surface area (Å²) in [5.74, 6) is -0.813. The minimum absolute atomic E-state index is 0.471. The first-order valence-corrected chi connectivity index (χ1v) is 6.84. The van der Waals surface area contributed by atoms with E-state index in [1.165, 1.54) is 0 Å². The fourth-order valence-electron chi connectivity index (χ4n) is 1.20. The summed E-state index contributed by atoms with van der Waals surface area (Å²) in [4.78, 5) is 10.7. The average Bonchev–Trinajstić information content (AvgIpc) is 2.04. The van der Waals surface area contributed by atoms with Gasteiger partial charge in [-0.05, 0) is 11.3 Å². The van der Waals surface area contributed by atoms with Crippen LogP contribution in [-0.2, 0) is 0 Å². The van der Waals surface area contributed by atoms with Crippen LogP contribution in [-0.4, -0.2) is 19.9 Å². The van der Waals surface area contributed by atoms with E-state index in [0.29, 0.717) is 5.56 Å². The van der Waals surface area contributed by atoms with Gasteiger partial charge in [-0.2, -0.15) is 0 Å². The average molecular weight is 180 g/mol. The molecule has 0 bridgehead atoms. The zero-order valence-corrected chi connectivity index (χ0v) is 8.40. The SMILES string of the molecule is C[SiH](C)c1ccccc1C(=O)O. The lowest BCUT2D eigenvalue weighted by Crippen LogP contribution is -2.28. The number of benzene rings is 1. The summed E-state index contributed by atoms with van der Waals surface area (Å²) < 4.78 is 0. The van der Waals surface area contributed by atoms with Gasteiger partial charge in [-0.1, -0.05) is 31.3 Å². The van der Waals surface area contributed by atoms with Crippen LogP contribution < -0.4 is 5.19 Å². The monoisotopic (exact) mass is 180 g/mol. The van der Waals surface area contributed by atoms with Crippen LogP contribution in [0.4, 0.5) is 0 Å². The quantitative estimate of drug-likeness (QED) is 0.691. The molecule has 0 aromatic heterocycles. The number of carbonyl (C=O) groups is 1. The number of hydrogen-bond acceptors (Lipinski definition) is 1. The summed E-state index contributed by atoms with van der Waals surface area (Å²) >= 11 is 0. The predicted molar refractivity (Wildman–Crippen MR) is 51.9 cm³/mol. The van der Waals surface area contributed by atoms with Crippen LogP contribution >= 0.6 is 0 Å². The molecule has 12 heavy (non-hydrogen) atoms. The van der Waals surface area contributed by atoms with Crippen molar-refractivity contribution in [3.8, 4) is 0 Å². The lowest BCUT2D eigenvalue weighted by atomic mass is 10.2. The third kappa shape index (κ3) is 1.74. The van der Waals surface area contributed by atoms with E-state index in [-0.39, 0.29) is 0 Å². The zero-order chi connectivity index (χ0) is 9.14. The normalized spacial score (nSPS) is 10.2. The van der Waals surface area contributed by atoms with Crippen LogP contribution in [0.25, 0.3) is 0 Å². The van der Waals surface area contributed by atoms with E-state index < -0.39 is 14.8 Å². The number of rotatable bonds is 2. The van der Waals surface area contributed by atoms with Crippen molar-refractivity contribution in [3.63, 3.8) is 0 Å². The van der Waals surface area contributed by atoms with Crippen LogP contribution in [0.1, 0.15) is 10.4 Å². The van der Waals surface area contributed by atoms with Crippen molar-refractivity contribution in [1.82, 2.24) is 0 Å². The van der Waals surface area contributed by atoms with E-state index in [2.05, 4.69) is 13.1 Å². The van der Waals surface area contributed by atoms with Gasteiger partial charge in [0, 0.05) is 0 Å². The molecule has 0 saturated heterocycles. The maximum Gasteiger partial charge on any atom is 0.335 e. The standard InChI is InChI=1S/C9H12O2Si/c1-12(2)8-6-4-3-5-7(8)9(10)11/h3-6,12H,1-2H3,(H,10,11). The molecule has 0 fully saturated rings. The molecule has 1 aromatic carbocycles. The van der Waals surface area contributed by atoms with Gasteiger partial charge in [-0.15, -0.1) is 0 Å². The van der Waals surface area contributed by atoms with Crippen molar-refractivity contribution in [2.24, 2.45) is 0 Å². The molecule has 64 valence electrons. The Balaban J connectivity index is 3.17. The smallest absolute Gasteiger partial charge is 0.335 e. The summed E-state index contributed by atoms with van der Waals surface area (Å²) in [7, 11) is -1.01. The van der Waals surface area contributed by atoms with Crippen LogP contribution in [0, 0.1) is 0 Å². The van der Waals surface area contributed by atoms with Crippen molar-refractivity contribution in [3.05, 3.63) is 29.8 Å². The zero-order valence-electron chi connectivity index (χ0n) is 7.24. The Kier molecular flexibility index (Phi) is 2.65. The van der Waals surface area contributed by atoms with E-state index in [1.54, 1.807) is 12.1 Å². The Hall–Kier alpha value is -1.09. The van der Waals surface area contributed by atoms with Gasteiger partial charge < -0.3 is 5.11 Å². The summed E-state index contributed by atoms with van der Waals surface area (Å²) in [6, 6.07) is 7.25. The number of hydrogen-bond donors (Lipinski definition) is 1. The molecule has 0 amide bonds. The highest BCUT2D eigenvalue weighted by molar-refractivity contribution is 6.71. The first-order valence-electron chi connectivity index (χ1n) is 3.95. The van der Waals surface area contributed by atoms with Gasteiger partial charge in [0.2, 0.25) is 0 Å². The second kappa shape index (κ2) is 3.54. The Morgan fingerprint density at radius 2 is 1.92 bits per heavy atom. The van der Waals surface area contributed by atoms with Crippen molar-refractivity contribution >= 4 is 20.0 Å². The molecule has 0 heterocycles. The van der Waals surface area contributed by atoms with E-state index in [1.807, 2.05) is 12.1 Å². The largest absolute Gasteiger partial charge is 0.478 e. The van der Waals surface area contributed by atoms with Crippen molar-refractivity contribution in [2.75, 3.05) is 0 Å². The highest BCUT2D eigenvalue weighted by Gasteiger charge is 2.11. The molecule has 0 aliphatic heterocycles. The molecule has 0 atom stereocenters. The Morgan fingerprint density at radius 3 is 2.33 bits per heavy atom. The molecule has 1 rings (SSSR count). The lowest BCUT2D eigenvalue weighted by Gasteiger charge is -2.06. The minimum atomic E-state index is -1.01. The van der Waals surface area contributed by atoms with E-state index in [9.17, 15) is 4.79 Å². The topological polar surface area (TPSA) is 37.3 Å². The number of carboxylic acid groups (broad SMARTS) is 1. The molecular weight excluding hydrogens is 168 g/mol. The molecule has 3 heteroatoms. The highest BCUT2D eigenvalue weighted by Crippen LogP contribution is 1.98. The predicted octanol–water partition coefficient (Wildman–Crippen LogP) is 1.08. The van der Waals surface area contributed by atoms with Gasteiger partial charge in [-0.25, -0.2) is 4.79 Å². The molecule has 0 spiro atoms.